The van der Waals surface area contributed by atoms with Gasteiger partial charge in [-0.25, -0.2) is 4.85 Å². The molecule has 1 aromatic rings. The predicted molar refractivity (Wildman–Crippen MR) is 112 cm³/mol. The van der Waals surface area contributed by atoms with E-state index in [0.717, 1.165) is 24.8 Å². The van der Waals surface area contributed by atoms with Gasteiger partial charge in [-0.1, -0.05) is 24.3 Å². The Morgan fingerprint density at radius 1 is 1.32 bits per heavy atom. The van der Waals surface area contributed by atoms with E-state index in [-0.39, 0.29) is 42.0 Å². The van der Waals surface area contributed by atoms with Gasteiger partial charge in [0.05, 0.1) is 30.8 Å². The van der Waals surface area contributed by atoms with E-state index in [2.05, 4.69) is 10.9 Å². The van der Waals surface area contributed by atoms with Gasteiger partial charge in [-0.15, -0.1) is 0 Å². The molecule has 2 amide bonds. The fraction of sp³-hybridized carbons (Fsp3) is 0.565. The Hall–Kier alpha value is -2.94. The largest absolute Gasteiger partial charge is 0.330 e. The average molecular weight is 419 g/mol. The molecular formula is C23H26N6O2. The molecule has 2 N–H and O–H groups in total. The summed E-state index contributed by atoms with van der Waals surface area (Å²) in [6, 6.07) is 8.54. The summed E-state index contributed by atoms with van der Waals surface area (Å²) in [6.07, 6.45) is 2.49. The Morgan fingerprint density at radius 2 is 2.06 bits per heavy atom. The highest BCUT2D eigenvalue weighted by molar-refractivity contribution is 5.87. The van der Waals surface area contributed by atoms with Crippen LogP contribution >= 0.6 is 0 Å². The lowest BCUT2D eigenvalue weighted by atomic mass is 10.0. The van der Waals surface area contributed by atoms with Crippen molar-refractivity contribution in [3.63, 3.8) is 0 Å². The molecule has 0 aromatic heterocycles. The number of fused-ring (bicyclic) bond motifs is 3. The van der Waals surface area contributed by atoms with Crippen LogP contribution in [0.3, 0.4) is 0 Å². The van der Waals surface area contributed by atoms with E-state index < -0.39 is 6.04 Å². The van der Waals surface area contributed by atoms with Gasteiger partial charge in [-0.05, 0) is 37.7 Å². The number of nitriles is 1. The number of carbonyl (C=O) groups excluding carboxylic acids is 2. The molecule has 4 aliphatic rings. The van der Waals surface area contributed by atoms with Crippen LogP contribution in [0, 0.1) is 23.8 Å². The summed E-state index contributed by atoms with van der Waals surface area (Å²) in [5.74, 6) is 0.386. The number of hydrogen-bond acceptors (Lipinski definition) is 5. The third-order valence-electron chi connectivity index (χ3n) is 7.49. The number of piperidine rings is 1. The Balaban J connectivity index is 1.23. The minimum atomic E-state index is -0.714. The molecule has 31 heavy (non-hydrogen) atoms. The quantitative estimate of drug-likeness (QED) is 0.730. The molecule has 160 valence electrons. The van der Waals surface area contributed by atoms with Crippen LogP contribution in [0.15, 0.2) is 24.3 Å². The summed E-state index contributed by atoms with van der Waals surface area (Å²) in [7, 11) is 0. The fourth-order valence-electron chi connectivity index (χ4n) is 5.80. The van der Waals surface area contributed by atoms with Crippen molar-refractivity contribution in [1.82, 2.24) is 14.7 Å². The van der Waals surface area contributed by atoms with Crippen LogP contribution in [-0.2, 0) is 9.59 Å². The summed E-state index contributed by atoms with van der Waals surface area (Å²) < 4.78 is 0. The van der Waals surface area contributed by atoms with Crippen molar-refractivity contribution >= 4 is 17.5 Å². The molecule has 1 aliphatic carbocycles. The van der Waals surface area contributed by atoms with Crippen molar-refractivity contribution in [1.29, 1.82) is 5.26 Å². The molecule has 1 saturated carbocycles. The Bertz CT molecular complexity index is 995. The number of likely N-dealkylation sites (tertiary alicyclic amines) is 3. The number of amides is 2. The first-order valence-electron chi connectivity index (χ1n) is 10.9. The first-order chi connectivity index (χ1) is 14.9. The molecule has 4 fully saturated rings. The van der Waals surface area contributed by atoms with Crippen LogP contribution < -0.4 is 5.73 Å². The van der Waals surface area contributed by atoms with Crippen molar-refractivity contribution in [2.75, 3.05) is 13.1 Å². The molecule has 7 atom stereocenters. The maximum atomic E-state index is 13.1. The van der Waals surface area contributed by atoms with E-state index in [4.69, 9.17) is 12.3 Å². The van der Waals surface area contributed by atoms with E-state index in [1.165, 1.54) is 0 Å². The van der Waals surface area contributed by atoms with Gasteiger partial charge in [0, 0.05) is 25.2 Å². The SMILES string of the molecule is [C-]#[N+]c1ccc([C@@H](C)N2C(=O)[C@@H]3CC2CN3C[C@H](N)C(=O)N2[C@H](C#N)C[C@@H]3C[C@@H]32)cc1. The number of benzene rings is 1. The van der Waals surface area contributed by atoms with Gasteiger partial charge in [0.2, 0.25) is 11.8 Å². The van der Waals surface area contributed by atoms with Crippen molar-refractivity contribution in [2.24, 2.45) is 11.7 Å². The number of rotatable bonds is 5. The van der Waals surface area contributed by atoms with E-state index in [1.807, 2.05) is 28.9 Å². The van der Waals surface area contributed by atoms with Gasteiger partial charge in [0.25, 0.3) is 0 Å². The standard InChI is InChI=1S/C23H26N6O2/c1-13(14-3-5-16(26-2)6-4-14)28-18-9-21(23(28)31)27(11-18)12-19(25)22(30)29-17(10-24)7-15-8-20(15)29/h3-6,13,15,17-21H,7-9,11-12,25H2,1H3/t13-,15-,17+,18?,19+,20+,21+/m1/s1. The number of piperazine rings is 1. The number of carbonyl (C=O) groups is 2. The zero-order chi connectivity index (χ0) is 21.9. The molecular weight excluding hydrogens is 392 g/mol. The first kappa shape index (κ1) is 20.0. The van der Waals surface area contributed by atoms with Gasteiger partial charge in [0.15, 0.2) is 5.69 Å². The lowest BCUT2D eigenvalue weighted by Gasteiger charge is -2.38. The minimum absolute atomic E-state index is 0.0625. The third kappa shape index (κ3) is 3.18. The topological polar surface area (TPSA) is 98.0 Å². The zero-order valence-corrected chi connectivity index (χ0v) is 17.5. The zero-order valence-electron chi connectivity index (χ0n) is 17.5. The molecule has 3 aliphatic heterocycles. The van der Waals surface area contributed by atoms with Crippen LogP contribution in [0.25, 0.3) is 4.85 Å². The van der Waals surface area contributed by atoms with Gasteiger partial charge < -0.3 is 15.5 Å². The van der Waals surface area contributed by atoms with Gasteiger partial charge in [0.1, 0.15) is 6.04 Å². The van der Waals surface area contributed by atoms with Crippen molar-refractivity contribution in [3.05, 3.63) is 41.2 Å². The number of nitrogens with zero attached hydrogens (tertiary/aromatic N) is 5. The maximum absolute atomic E-state index is 13.1. The highest BCUT2D eigenvalue weighted by Gasteiger charge is 2.56. The number of hydrogen-bond donors (Lipinski definition) is 1. The van der Waals surface area contributed by atoms with Gasteiger partial charge in [-0.2, -0.15) is 5.26 Å². The maximum Gasteiger partial charge on any atom is 0.242 e. The summed E-state index contributed by atoms with van der Waals surface area (Å²) >= 11 is 0. The second kappa shape index (κ2) is 7.33. The average Bonchev–Trinajstić information content (AvgIpc) is 3.11. The molecule has 8 heteroatoms. The predicted octanol–water partition coefficient (Wildman–Crippen LogP) is 1.42. The molecule has 1 aromatic carbocycles. The van der Waals surface area contributed by atoms with E-state index >= 15 is 0 Å². The normalized spacial score (nSPS) is 33.0. The molecule has 2 bridgehead atoms. The lowest BCUT2D eigenvalue weighted by Crippen LogP contribution is -2.57. The van der Waals surface area contributed by atoms with Crippen LogP contribution in [0.1, 0.15) is 37.8 Å². The van der Waals surface area contributed by atoms with Crippen molar-refractivity contribution < 1.29 is 9.59 Å². The van der Waals surface area contributed by atoms with Crippen molar-refractivity contribution in [2.45, 2.75) is 62.4 Å². The van der Waals surface area contributed by atoms with E-state index in [0.29, 0.717) is 24.7 Å². The molecule has 5 rings (SSSR count). The Kier molecular flexibility index (Phi) is 4.73. The van der Waals surface area contributed by atoms with Crippen LogP contribution in [-0.4, -0.2) is 69.8 Å². The summed E-state index contributed by atoms with van der Waals surface area (Å²) in [5.41, 5.74) is 7.88. The smallest absolute Gasteiger partial charge is 0.242 e. The second-order valence-corrected chi connectivity index (χ2v) is 9.28. The second-order valence-electron chi connectivity index (χ2n) is 9.28. The molecule has 0 spiro atoms. The summed E-state index contributed by atoms with van der Waals surface area (Å²) in [6.45, 7) is 10.2. The van der Waals surface area contributed by atoms with Crippen molar-refractivity contribution in [3.8, 4) is 6.07 Å². The van der Waals surface area contributed by atoms with Crippen LogP contribution in [0.4, 0.5) is 5.69 Å². The van der Waals surface area contributed by atoms with Gasteiger partial charge in [-0.3, -0.25) is 14.5 Å². The molecule has 1 unspecified atom stereocenters. The first-order valence-corrected chi connectivity index (χ1v) is 10.9. The third-order valence-corrected chi connectivity index (χ3v) is 7.49. The minimum Gasteiger partial charge on any atom is -0.330 e. The number of nitrogens with two attached hydrogens (primary N) is 1. The highest BCUT2D eigenvalue weighted by atomic mass is 16.2. The van der Waals surface area contributed by atoms with E-state index in [9.17, 15) is 14.9 Å². The molecule has 8 nitrogen and oxygen atoms in total. The summed E-state index contributed by atoms with van der Waals surface area (Å²) in [5, 5.41) is 9.35. The van der Waals surface area contributed by atoms with Gasteiger partial charge >= 0.3 is 0 Å². The van der Waals surface area contributed by atoms with Crippen LogP contribution in [0.5, 0.6) is 0 Å². The molecule has 3 heterocycles. The monoisotopic (exact) mass is 418 g/mol. The lowest BCUT2D eigenvalue weighted by molar-refractivity contribution is -0.141. The molecule has 3 saturated heterocycles. The molecule has 0 radical (unpaired) electrons. The highest BCUT2D eigenvalue weighted by Crippen LogP contribution is 2.48. The van der Waals surface area contributed by atoms with E-state index in [1.54, 1.807) is 17.0 Å². The Labute approximate surface area is 182 Å². The summed E-state index contributed by atoms with van der Waals surface area (Å²) in [4.78, 5) is 35.2. The van der Waals surface area contributed by atoms with Crippen LogP contribution in [0.2, 0.25) is 0 Å². The fourth-order valence-corrected chi connectivity index (χ4v) is 5.80. The Morgan fingerprint density at radius 3 is 2.71 bits per heavy atom.